The smallest absolute Gasteiger partial charge is 0.243 e. The van der Waals surface area contributed by atoms with Crippen molar-refractivity contribution >= 4 is 35.2 Å². The first-order chi connectivity index (χ1) is 15.5. The average Bonchev–Trinajstić information content (AvgIpc) is 3.29. The Morgan fingerprint density at radius 1 is 1.12 bits per heavy atom. The molecule has 0 bridgehead atoms. The SMILES string of the molecule is CC[C@H](C(=O)NC1CCCC1)N(Cc1ccccc1C)C(=O)CSCc1ccc(Cl)cc1. The van der Waals surface area contributed by atoms with Gasteiger partial charge in [-0.15, -0.1) is 11.8 Å². The molecule has 2 aromatic carbocycles. The zero-order chi connectivity index (χ0) is 22.9. The minimum absolute atomic E-state index is 0.000591. The van der Waals surface area contributed by atoms with Crippen molar-refractivity contribution in [2.24, 2.45) is 0 Å². The lowest BCUT2D eigenvalue weighted by Gasteiger charge is -2.32. The number of nitrogens with zero attached hydrogens (tertiary/aromatic N) is 1. The predicted molar refractivity (Wildman–Crippen MR) is 134 cm³/mol. The molecule has 0 heterocycles. The molecular formula is C26H33ClN2O2S. The first kappa shape index (κ1) is 24.7. The summed E-state index contributed by atoms with van der Waals surface area (Å²) in [5.41, 5.74) is 3.34. The van der Waals surface area contributed by atoms with E-state index >= 15 is 0 Å². The van der Waals surface area contributed by atoms with E-state index in [2.05, 4.69) is 5.32 Å². The third-order valence-electron chi connectivity index (χ3n) is 6.10. The normalized spacial score (nSPS) is 14.8. The van der Waals surface area contributed by atoms with Gasteiger partial charge in [0.15, 0.2) is 0 Å². The van der Waals surface area contributed by atoms with Gasteiger partial charge in [0, 0.05) is 23.4 Å². The van der Waals surface area contributed by atoms with E-state index in [1.165, 1.54) is 0 Å². The lowest BCUT2D eigenvalue weighted by molar-refractivity contribution is -0.139. The van der Waals surface area contributed by atoms with Crippen molar-refractivity contribution in [3.05, 3.63) is 70.2 Å². The zero-order valence-corrected chi connectivity index (χ0v) is 20.6. The number of carbonyl (C=O) groups is 2. The molecule has 2 amide bonds. The highest BCUT2D eigenvalue weighted by molar-refractivity contribution is 7.99. The molecule has 0 unspecified atom stereocenters. The molecule has 1 N–H and O–H groups in total. The first-order valence-corrected chi connectivity index (χ1v) is 13.0. The van der Waals surface area contributed by atoms with Gasteiger partial charge in [0.05, 0.1) is 5.75 Å². The molecule has 6 heteroatoms. The molecule has 1 aliphatic rings. The van der Waals surface area contributed by atoms with Gasteiger partial charge in [-0.1, -0.05) is 67.8 Å². The van der Waals surface area contributed by atoms with Crippen molar-refractivity contribution in [2.75, 3.05) is 5.75 Å². The van der Waals surface area contributed by atoms with Crippen molar-refractivity contribution in [2.45, 2.75) is 70.3 Å². The Hall–Kier alpha value is -1.98. The van der Waals surface area contributed by atoms with Crippen LogP contribution >= 0.6 is 23.4 Å². The van der Waals surface area contributed by atoms with Gasteiger partial charge in [-0.25, -0.2) is 0 Å². The Kier molecular flexibility index (Phi) is 9.49. The second kappa shape index (κ2) is 12.3. The van der Waals surface area contributed by atoms with E-state index in [-0.39, 0.29) is 17.9 Å². The number of hydrogen-bond acceptors (Lipinski definition) is 3. The number of hydrogen-bond donors (Lipinski definition) is 1. The van der Waals surface area contributed by atoms with E-state index in [1.807, 2.05) is 62.4 Å². The van der Waals surface area contributed by atoms with Crippen LogP contribution in [-0.2, 0) is 21.9 Å². The lowest BCUT2D eigenvalue weighted by atomic mass is 10.1. The maximum absolute atomic E-state index is 13.3. The molecule has 1 aliphatic carbocycles. The van der Waals surface area contributed by atoms with Crippen molar-refractivity contribution < 1.29 is 9.59 Å². The standard InChI is InChI=1S/C26H33ClN2O2S/c1-3-24(26(31)28-23-10-6-7-11-23)29(16-21-9-5-4-8-19(21)2)25(30)18-32-17-20-12-14-22(27)15-13-20/h4-5,8-9,12-15,23-24H,3,6-7,10-11,16-18H2,1-2H3,(H,28,31)/t24-/m1/s1. The van der Waals surface area contributed by atoms with Crippen LogP contribution in [0.2, 0.25) is 5.02 Å². The highest BCUT2D eigenvalue weighted by Gasteiger charge is 2.30. The molecule has 0 aliphatic heterocycles. The summed E-state index contributed by atoms with van der Waals surface area (Å²) in [6.07, 6.45) is 4.98. The van der Waals surface area contributed by atoms with E-state index < -0.39 is 6.04 Å². The van der Waals surface area contributed by atoms with Gasteiger partial charge < -0.3 is 10.2 Å². The number of thioether (sulfide) groups is 1. The number of benzene rings is 2. The second-order valence-corrected chi connectivity index (χ2v) is 9.90. The number of halogens is 1. The monoisotopic (exact) mass is 472 g/mol. The first-order valence-electron chi connectivity index (χ1n) is 11.4. The fourth-order valence-corrected chi connectivity index (χ4v) is 5.17. The van der Waals surface area contributed by atoms with Gasteiger partial charge in [0.1, 0.15) is 6.04 Å². The maximum Gasteiger partial charge on any atom is 0.243 e. The third-order valence-corrected chi connectivity index (χ3v) is 7.34. The molecule has 1 atom stereocenters. The lowest BCUT2D eigenvalue weighted by Crippen LogP contribution is -2.51. The van der Waals surface area contributed by atoms with Gasteiger partial charge >= 0.3 is 0 Å². The van der Waals surface area contributed by atoms with Crippen LogP contribution in [0.15, 0.2) is 48.5 Å². The number of carbonyl (C=O) groups excluding carboxylic acids is 2. The van der Waals surface area contributed by atoms with Crippen LogP contribution in [0, 0.1) is 6.92 Å². The number of rotatable bonds is 10. The molecule has 172 valence electrons. The third kappa shape index (κ3) is 7.01. The van der Waals surface area contributed by atoms with Gasteiger partial charge in [0.25, 0.3) is 0 Å². The van der Waals surface area contributed by atoms with E-state index in [1.54, 1.807) is 16.7 Å². The quantitative estimate of drug-likeness (QED) is 0.479. The van der Waals surface area contributed by atoms with Crippen LogP contribution in [0.4, 0.5) is 0 Å². The number of nitrogens with one attached hydrogen (secondary N) is 1. The Morgan fingerprint density at radius 3 is 2.47 bits per heavy atom. The molecule has 4 nitrogen and oxygen atoms in total. The van der Waals surface area contributed by atoms with E-state index in [0.29, 0.717) is 23.7 Å². The summed E-state index contributed by atoms with van der Waals surface area (Å²) in [4.78, 5) is 28.3. The van der Waals surface area contributed by atoms with Gasteiger partial charge in [-0.2, -0.15) is 0 Å². The fourth-order valence-electron chi connectivity index (χ4n) is 4.18. The van der Waals surface area contributed by atoms with Crippen LogP contribution in [-0.4, -0.2) is 34.6 Å². The van der Waals surface area contributed by atoms with Crippen LogP contribution in [0.25, 0.3) is 0 Å². The predicted octanol–water partition coefficient (Wildman–Crippen LogP) is 5.75. The summed E-state index contributed by atoms with van der Waals surface area (Å²) in [6.45, 7) is 4.48. The topological polar surface area (TPSA) is 49.4 Å². The van der Waals surface area contributed by atoms with Crippen LogP contribution in [0.3, 0.4) is 0 Å². The minimum atomic E-state index is -0.459. The van der Waals surface area contributed by atoms with Crippen LogP contribution < -0.4 is 5.32 Å². The minimum Gasteiger partial charge on any atom is -0.352 e. The molecule has 0 spiro atoms. The summed E-state index contributed by atoms with van der Waals surface area (Å²) >= 11 is 7.53. The average molecular weight is 473 g/mol. The Morgan fingerprint density at radius 2 is 1.81 bits per heavy atom. The Labute approximate surface area is 201 Å². The molecule has 1 saturated carbocycles. The fraction of sp³-hybridized carbons (Fsp3) is 0.462. The Bertz CT molecular complexity index is 897. The highest BCUT2D eigenvalue weighted by Crippen LogP contribution is 2.21. The van der Waals surface area contributed by atoms with Gasteiger partial charge in [-0.05, 0) is 55.0 Å². The zero-order valence-electron chi connectivity index (χ0n) is 19.0. The molecule has 0 radical (unpaired) electrons. The van der Waals surface area contributed by atoms with Gasteiger partial charge in [-0.3, -0.25) is 9.59 Å². The molecular weight excluding hydrogens is 440 g/mol. The van der Waals surface area contributed by atoms with E-state index in [0.717, 1.165) is 48.1 Å². The summed E-state index contributed by atoms with van der Waals surface area (Å²) < 4.78 is 0. The van der Waals surface area contributed by atoms with Crippen molar-refractivity contribution in [1.29, 1.82) is 0 Å². The highest BCUT2D eigenvalue weighted by atomic mass is 35.5. The molecule has 2 aromatic rings. The maximum atomic E-state index is 13.3. The Balaban J connectivity index is 1.70. The van der Waals surface area contributed by atoms with Crippen molar-refractivity contribution in [3.63, 3.8) is 0 Å². The summed E-state index contributed by atoms with van der Waals surface area (Å²) in [5.74, 6) is 1.04. The molecule has 32 heavy (non-hydrogen) atoms. The largest absolute Gasteiger partial charge is 0.352 e. The molecule has 0 aromatic heterocycles. The molecule has 3 rings (SSSR count). The molecule has 0 saturated heterocycles. The number of aryl methyl sites for hydroxylation is 1. The summed E-state index contributed by atoms with van der Waals surface area (Å²) in [6, 6.07) is 15.5. The molecule has 1 fully saturated rings. The van der Waals surface area contributed by atoms with E-state index in [4.69, 9.17) is 11.6 Å². The summed E-state index contributed by atoms with van der Waals surface area (Å²) in [7, 11) is 0. The van der Waals surface area contributed by atoms with Crippen molar-refractivity contribution in [3.8, 4) is 0 Å². The van der Waals surface area contributed by atoms with E-state index in [9.17, 15) is 9.59 Å². The van der Waals surface area contributed by atoms with Gasteiger partial charge in [0.2, 0.25) is 11.8 Å². The summed E-state index contributed by atoms with van der Waals surface area (Å²) in [5, 5.41) is 3.91. The van der Waals surface area contributed by atoms with Crippen LogP contribution in [0.5, 0.6) is 0 Å². The van der Waals surface area contributed by atoms with Crippen LogP contribution in [0.1, 0.15) is 55.7 Å². The number of amides is 2. The second-order valence-electron chi connectivity index (χ2n) is 8.48. The van der Waals surface area contributed by atoms with Crippen molar-refractivity contribution in [1.82, 2.24) is 10.2 Å².